The Balaban J connectivity index is 1.76. The van der Waals surface area contributed by atoms with E-state index in [1.807, 2.05) is 13.8 Å². The quantitative estimate of drug-likeness (QED) is 0.352. The van der Waals surface area contributed by atoms with Crippen LogP contribution in [0.25, 0.3) is 10.9 Å². The van der Waals surface area contributed by atoms with E-state index in [-0.39, 0.29) is 11.8 Å². The van der Waals surface area contributed by atoms with Crippen LogP contribution in [-0.2, 0) is 11.2 Å². The second-order valence-corrected chi connectivity index (χ2v) is 6.43. The van der Waals surface area contributed by atoms with Gasteiger partial charge in [-0.2, -0.15) is 0 Å². The summed E-state index contributed by atoms with van der Waals surface area (Å²) in [6.07, 6.45) is 2.99. The molecule has 6 nitrogen and oxygen atoms in total. The van der Waals surface area contributed by atoms with E-state index < -0.39 is 0 Å². The van der Waals surface area contributed by atoms with Gasteiger partial charge in [0.25, 0.3) is 0 Å². The third-order valence-electron chi connectivity index (χ3n) is 4.15. The zero-order chi connectivity index (χ0) is 18.2. The number of amides is 1. The minimum Gasteiger partial charge on any atom is -0.361 e. The average Bonchev–Trinajstić information content (AvgIpc) is 3.01. The van der Waals surface area contributed by atoms with Crippen LogP contribution in [0.2, 0.25) is 0 Å². The number of hydrogen-bond donors (Lipinski definition) is 4. The normalized spacial score (nSPS) is 11.8. The van der Waals surface area contributed by atoms with Crippen molar-refractivity contribution in [3.63, 3.8) is 0 Å². The number of aromatic amines is 1. The maximum Gasteiger partial charge on any atom is 0.222 e. The smallest absolute Gasteiger partial charge is 0.222 e. The molecule has 0 radical (unpaired) electrons. The molecule has 0 aliphatic rings. The van der Waals surface area contributed by atoms with Crippen molar-refractivity contribution in [3.8, 4) is 0 Å². The van der Waals surface area contributed by atoms with Crippen molar-refractivity contribution in [2.75, 3.05) is 26.7 Å². The van der Waals surface area contributed by atoms with Gasteiger partial charge in [-0.3, -0.25) is 9.79 Å². The lowest BCUT2D eigenvalue weighted by atomic mass is 10.1. The molecular formula is C19H29N5O. The second kappa shape index (κ2) is 9.11. The lowest BCUT2D eigenvalue weighted by Gasteiger charge is -2.13. The summed E-state index contributed by atoms with van der Waals surface area (Å²) in [6.45, 7) is 7.92. The number of benzene rings is 1. The zero-order valence-corrected chi connectivity index (χ0v) is 15.6. The topological polar surface area (TPSA) is 81.3 Å². The summed E-state index contributed by atoms with van der Waals surface area (Å²) in [5.74, 6) is 0.826. The first-order valence-corrected chi connectivity index (χ1v) is 8.80. The molecule has 1 aromatic carbocycles. The van der Waals surface area contributed by atoms with E-state index in [1.165, 1.54) is 22.0 Å². The summed E-state index contributed by atoms with van der Waals surface area (Å²) in [7, 11) is 1.75. The number of nitrogens with one attached hydrogen (secondary N) is 4. The van der Waals surface area contributed by atoms with Crippen molar-refractivity contribution in [2.45, 2.75) is 27.2 Å². The molecule has 0 unspecified atom stereocenters. The summed E-state index contributed by atoms with van der Waals surface area (Å²) < 4.78 is 0. The van der Waals surface area contributed by atoms with Crippen LogP contribution in [0.1, 0.15) is 25.0 Å². The number of rotatable bonds is 7. The number of guanidine groups is 1. The maximum absolute atomic E-state index is 11.5. The van der Waals surface area contributed by atoms with Crippen molar-refractivity contribution in [1.82, 2.24) is 20.9 Å². The Kier molecular flexibility index (Phi) is 6.86. The number of aliphatic imine (C=N–C) groups is 1. The van der Waals surface area contributed by atoms with Crippen molar-refractivity contribution < 1.29 is 4.79 Å². The molecule has 0 fully saturated rings. The van der Waals surface area contributed by atoms with Gasteiger partial charge in [-0.05, 0) is 30.5 Å². The largest absolute Gasteiger partial charge is 0.361 e. The van der Waals surface area contributed by atoms with Crippen LogP contribution < -0.4 is 16.0 Å². The van der Waals surface area contributed by atoms with Crippen LogP contribution in [0.3, 0.4) is 0 Å². The van der Waals surface area contributed by atoms with E-state index in [2.05, 4.69) is 57.2 Å². The summed E-state index contributed by atoms with van der Waals surface area (Å²) >= 11 is 0. The number of aryl methyl sites for hydroxylation is 1. The fourth-order valence-electron chi connectivity index (χ4n) is 2.76. The molecule has 2 rings (SSSR count). The average molecular weight is 343 g/mol. The van der Waals surface area contributed by atoms with Gasteiger partial charge < -0.3 is 20.9 Å². The predicted molar refractivity (Wildman–Crippen MR) is 104 cm³/mol. The third-order valence-corrected chi connectivity index (χ3v) is 4.15. The molecule has 0 aliphatic heterocycles. The summed E-state index contributed by atoms with van der Waals surface area (Å²) in [5, 5.41) is 10.7. The van der Waals surface area contributed by atoms with Crippen molar-refractivity contribution in [3.05, 3.63) is 35.5 Å². The highest BCUT2D eigenvalue weighted by atomic mass is 16.1. The number of H-pyrrole nitrogens is 1. The molecule has 0 saturated carbocycles. The van der Waals surface area contributed by atoms with Crippen LogP contribution in [-0.4, -0.2) is 43.5 Å². The van der Waals surface area contributed by atoms with E-state index in [1.54, 1.807) is 7.05 Å². The molecule has 1 heterocycles. The van der Waals surface area contributed by atoms with Gasteiger partial charge in [-0.15, -0.1) is 0 Å². The van der Waals surface area contributed by atoms with Crippen molar-refractivity contribution in [1.29, 1.82) is 0 Å². The van der Waals surface area contributed by atoms with Gasteiger partial charge >= 0.3 is 0 Å². The summed E-state index contributed by atoms with van der Waals surface area (Å²) in [6, 6.07) is 6.31. The van der Waals surface area contributed by atoms with E-state index in [0.717, 1.165) is 18.9 Å². The Labute approximate surface area is 149 Å². The number of carbonyl (C=O) groups excluding carboxylic acids is 1. The Morgan fingerprint density at radius 2 is 1.88 bits per heavy atom. The number of aromatic nitrogens is 1. The van der Waals surface area contributed by atoms with Crippen LogP contribution >= 0.6 is 0 Å². The lowest BCUT2D eigenvalue weighted by Crippen LogP contribution is -2.42. The Morgan fingerprint density at radius 3 is 2.60 bits per heavy atom. The summed E-state index contributed by atoms with van der Waals surface area (Å²) in [5.41, 5.74) is 3.77. The Bertz CT molecular complexity index is 732. The number of fused-ring (bicyclic) bond motifs is 1. The van der Waals surface area contributed by atoms with Gasteiger partial charge in [0.05, 0.1) is 0 Å². The van der Waals surface area contributed by atoms with E-state index in [9.17, 15) is 4.79 Å². The third kappa shape index (κ3) is 5.24. The first-order valence-electron chi connectivity index (χ1n) is 8.80. The van der Waals surface area contributed by atoms with Gasteiger partial charge in [-0.25, -0.2) is 0 Å². The number of carbonyl (C=O) groups is 1. The molecule has 0 spiro atoms. The maximum atomic E-state index is 11.5. The molecule has 0 bridgehead atoms. The van der Waals surface area contributed by atoms with Crippen molar-refractivity contribution in [2.24, 2.45) is 10.9 Å². The van der Waals surface area contributed by atoms with Gasteiger partial charge in [0, 0.05) is 49.7 Å². The molecule has 0 atom stereocenters. The molecule has 1 aromatic heterocycles. The molecule has 2 aromatic rings. The van der Waals surface area contributed by atoms with Gasteiger partial charge in [0.2, 0.25) is 5.91 Å². The highest BCUT2D eigenvalue weighted by molar-refractivity contribution is 5.86. The highest BCUT2D eigenvalue weighted by Gasteiger charge is 2.07. The molecule has 0 aliphatic carbocycles. The van der Waals surface area contributed by atoms with E-state index >= 15 is 0 Å². The first-order chi connectivity index (χ1) is 12.0. The lowest BCUT2D eigenvalue weighted by molar-refractivity contribution is -0.123. The minimum atomic E-state index is 0.0112. The fraction of sp³-hybridized carbons (Fsp3) is 0.474. The van der Waals surface area contributed by atoms with E-state index in [0.29, 0.717) is 13.1 Å². The molecule has 0 saturated heterocycles. The van der Waals surface area contributed by atoms with Crippen molar-refractivity contribution >= 4 is 22.8 Å². The number of hydrogen-bond acceptors (Lipinski definition) is 2. The van der Waals surface area contributed by atoms with Gasteiger partial charge in [0.1, 0.15) is 0 Å². The molecule has 25 heavy (non-hydrogen) atoms. The number of nitrogens with zero attached hydrogens (tertiary/aromatic N) is 1. The van der Waals surface area contributed by atoms with Gasteiger partial charge in [0.15, 0.2) is 5.96 Å². The fourth-order valence-corrected chi connectivity index (χ4v) is 2.76. The van der Waals surface area contributed by atoms with Gasteiger partial charge in [-0.1, -0.05) is 26.0 Å². The molecular weight excluding hydrogens is 314 g/mol. The minimum absolute atomic E-state index is 0.0112. The predicted octanol–water partition coefficient (Wildman–Crippen LogP) is 1.96. The molecule has 136 valence electrons. The van der Waals surface area contributed by atoms with Crippen LogP contribution in [0, 0.1) is 12.8 Å². The summed E-state index contributed by atoms with van der Waals surface area (Å²) in [4.78, 5) is 19.0. The van der Waals surface area contributed by atoms with Crippen LogP contribution in [0.5, 0.6) is 0 Å². The monoisotopic (exact) mass is 343 g/mol. The second-order valence-electron chi connectivity index (χ2n) is 6.43. The molecule has 1 amide bonds. The SMILES string of the molecule is CN=C(NCCNC(=O)C(C)C)NCCc1c[nH]c2cccc(C)c12. The standard InChI is InChI=1S/C19H29N5O/c1-13(2)18(25)21-10-11-23-19(20-4)22-9-8-15-12-24-16-7-5-6-14(3)17(15)16/h5-7,12-13,24H,8-11H2,1-4H3,(H,21,25)(H2,20,22,23). The zero-order valence-electron chi connectivity index (χ0n) is 15.6. The van der Waals surface area contributed by atoms with E-state index in [4.69, 9.17) is 0 Å². The first kappa shape index (κ1) is 18.8. The Morgan fingerprint density at radius 1 is 1.16 bits per heavy atom. The van der Waals surface area contributed by atoms with Crippen LogP contribution in [0.15, 0.2) is 29.4 Å². The molecule has 6 heteroatoms. The molecule has 4 N–H and O–H groups in total. The van der Waals surface area contributed by atoms with Crippen LogP contribution in [0.4, 0.5) is 0 Å². The highest BCUT2D eigenvalue weighted by Crippen LogP contribution is 2.22. The Hall–Kier alpha value is -2.50.